The number of carbonyl (C=O) groups is 2. The van der Waals surface area contributed by atoms with E-state index < -0.39 is 23.6 Å². The Morgan fingerprint density at radius 2 is 2.05 bits per heavy atom. The Bertz CT molecular complexity index is 540. The molecule has 116 valence electrons. The molecule has 0 fully saturated rings. The zero-order valence-electron chi connectivity index (χ0n) is 12.1. The number of phenolic OH excluding ortho intramolecular Hbond substituents is 1. The topological polar surface area (TPSA) is 102 Å². The van der Waals surface area contributed by atoms with E-state index in [0.717, 1.165) is 5.56 Å². The van der Waals surface area contributed by atoms with E-state index in [1.54, 1.807) is 32.9 Å². The predicted molar refractivity (Wildman–Crippen MR) is 86.9 cm³/mol. The lowest BCUT2D eigenvalue weighted by Gasteiger charge is -2.22. The average Bonchev–Trinajstić information content (AvgIpc) is 2.30. The van der Waals surface area contributed by atoms with Crippen LogP contribution >= 0.6 is 22.6 Å². The van der Waals surface area contributed by atoms with Crippen molar-refractivity contribution in [2.45, 2.75) is 38.8 Å². The minimum absolute atomic E-state index is 0.162. The summed E-state index contributed by atoms with van der Waals surface area (Å²) in [7, 11) is 0. The molecule has 21 heavy (non-hydrogen) atoms. The summed E-state index contributed by atoms with van der Waals surface area (Å²) in [5, 5.41) is 11.9. The van der Waals surface area contributed by atoms with Crippen LogP contribution < -0.4 is 11.1 Å². The Morgan fingerprint density at radius 3 is 2.52 bits per heavy atom. The highest BCUT2D eigenvalue weighted by Gasteiger charge is 2.23. The minimum Gasteiger partial charge on any atom is -0.507 e. The van der Waals surface area contributed by atoms with Crippen molar-refractivity contribution in [3.8, 4) is 5.75 Å². The third-order valence-corrected chi connectivity index (χ3v) is 3.35. The zero-order chi connectivity index (χ0) is 16.2. The molecule has 2 amide bonds. The number of ether oxygens (including phenoxy) is 1. The van der Waals surface area contributed by atoms with Crippen molar-refractivity contribution in [3.63, 3.8) is 0 Å². The SMILES string of the molecule is CC(C)(C)OC(=O)N[C@@H](Cc1ccc(O)c(I)c1)C(N)=O. The summed E-state index contributed by atoms with van der Waals surface area (Å²) in [5.41, 5.74) is 5.43. The van der Waals surface area contributed by atoms with Gasteiger partial charge in [-0.25, -0.2) is 4.79 Å². The monoisotopic (exact) mass is 406 g/mol. The summed E-state index contributed by atoms with van der Waals surface area (Å²) >= 11 is 1.98. The van der Waals surface area contributed by atoms with E-state index in [4.69, 9.17) is 10.5 Å². The fourth-order valence-corrected chi connectivity index (χ4v) is 2.17. The Kier molecular flexibility index (Phi) is 5.82. The van der Waals surface area contributed by atoms with Gasteiger partial charge in [0.1, 0.15) is 17.4 Å². The molecular weight excluding hydrogens is 387 g/mol. The first kappa shape index (κ1) is 17.5. The Labute approximate surface area is 137 Å². The molecule has 0 heterocycles. The number of aromatic hydroxyl groups is 1. The van der Waals surface area contributed by atoms with E-state index in [2.05, 4.69) is 5.32 Å². The number of hydrogen-bond acceptors (Lipinski definition) is 4. The lowest BCUT2D eigenvalue weighted by molar-refractivity contribution is -0.120. The molecule has 6 nitrogen and oxygen atoms in total. The number of nitrogens with two attached hydrogens (primary N) is 1. The van der Waals surface area contributed by atoms with Gasteiger partial charge in [-0.3, -0.25) is 4.79 Å². The first-order valence-electron chi connectivity index (χ1n) is 6.34. The van der Waals surface area contributed by atoms with Gasteiger partial charge in [-0.1, -0.05) is 6.07 Å². The zero-order valence-corrected chi connectivity index (χ0v) is 14.3. The number of halogens is 1. The van der Waals surface area contributed by atoms with E-state index >= 15 is 0 Å². The molecule has 0 saturated carbocycles. The summed E-state index contributed by atoms with van der Waals surface area (Å²) in [4.78, 5) is 23.2. The van der Waals surface area contributed by atoms with Crippen LogP contribution in [0.2, 0.25) is 0 Å². The molecule has 0 radical (unpaired) electrons. The van der Waals surface area contributed by atoms with Gasteiger partial charge in [-0.2, -0.15) is 0 Å². The number of nitrogens with one attached hydrogen (secondary N) is 1. The van der Waals surface area contributed by atoms with Crippen LogP contribution in [-0.2, 0) is 16.0 Å². The molecule has 0 aliphatic rings. The van der Waals surface area contributed by atoms with Gasteiger partial charge in [0, 0.05) is 6.42 Å². The number of carbonyl (C=O) groups excluding carboxylic acids is 2. The van der Waals surface area contributed by atoms with Crippen LogP contribution in [0.1, 0.15) is 26.3 Å². The van der Waals surface area contributed by atoms with Crippen LogP contribution in [0.25, 0.3) is 0 Å². The Hall–Kier alpha value is -1.51. The lowest BCUT2D eigenvalue weighted by Crippen LogP contribution is -2.47. The van der Waals surface area contributed by atoms with Crippen LogP contribution in [0.3, 0.4) is 0 Å². The summed E-state index contributed by atoms with van der Waals surface area (Å²) in [6, 6.07) is 4.05. The van der Waals surface area contributed by atoms with Gasteiger partial charge in [0.2, 0.25) is 5.91 Å². The first-order valence-corrected chi connectivity index (χ1v) is 7.42. The average molecular weight is 406 g/mol. The fourth-order valence-electron chi connectivity index (χ4n) is 1.59. The molecule has 1 aromatic rings. The molecule has 0 aliphatic heterocycles. The molecule has 0 bridgehead atoms. The molecule has 0 aromatic heterocycles. The molecule has 7 heteroatoms. The normalized spacial score (nSPS) is 12.6. The second-order valence-corrected chi connectivity index (χ2v) is 6.75. The highest BCUT2D eigenvalue weighted by molar-refractivity contribution is 14.1. The van der Waals surface area contributed by atoms with Gasteiger partial charge < -0.3 is 20.9 Å². The largest absolute Gasteiger partial charge is 0.507 e. The molecule has 0 saturated heterocycles. The van der Waals surface area contributed by atoms with Gasteiger partial charge >= 0.3 is 6.09 Å². The second-order valence-electron chi connectivity index (χ2n) is 5.59. The number of alkyl carbamates (subject to hydrolysis) is 1. The van der Waals surface area contributed by atoms with E-state index in [9.17, 15) is 14.7 Å². The van der Waals surface area contributed by atoms with E-state index in [-0.39, 0.29) is 12.2 Å². The number of hydrogen-bond donors (Lipinski definition) is 3. The summed E-state index contributed by atoms with van der Waals surface area (Å²) in [5.74, 6) is -0.487. The van der Waals surface area contributed by atoms with Gasteiger partial charge in [0.15, 0.2) is 0 Å². The van der Waals surface area contributed by atoms with Crippen molar-refractivity contribution in [2.24, 2.45) is 5.73 Å². The number of primary amides is 1. The van der Waals surface area contributed by atoms with Crippen molar-refractivity contribution in [3.05, 3.63) is 27.3 Å². The predicted octanol–water partition coefficient (Wildman–Crippen LogP) is 1.92. The van der Waals surface area contributed by atoms with Crippen molar-refractivity contribution in [2.75, 3.05) is 0 Å². The molecule has 1 aromatic carbocycles. The number of phenols is 1. The number of amides is 2. The standard InChI is InChI=1S/C14H19IN2O4/c1-14(2,3)21-13(20)17-10(12(16)19)7-8-4-5-11(18)9(15)6-8/h4-6,10,18H,7H2,1-3H3,(H2,16,19)(H,17,20)/t10-/m0/s1. The fraction of sp³-hybridized carbons (Fsp3) is 0.429. The molecule has 4 N–H and O–H groups in total. The Morgan fingerprint density at radius 1 is 1.43 bits per heavy atom. The quantitative estimate of drug-likeness (QED) is 0.665. The maximum atomic E-state index is 11.7. The van der Waals surface area contributed by atoms with Crippen molar-refractivity contribution >= 4 is 34.6 Å². The van der Waals surface area contributed by atoms with E-state index in [1.807, 2.05) is 22.6 Å². The number of rotatable bonds is 4. The number of benzene rings is 1. The highest BCUT2D eigenvalue weighted by atomic mass is 127. The smallest absolute Gasteiger partial charge is 0.408 e. The van der Waals surface area contributed by atoms with Crippen molar-refractivity contribution < 1.29 is 19.4 Å². The Balaban J connectivity index is 2.76. The van der Waals surface area contributed by atoms with Gasteiger partial charge in [0.25, 0.3) is 0 Å². The molecular formula is C14H19IN2O4. The first-order chi connectivity index (χ1) is 9.58. The van der Waals surface area contributed by atoms with E-state index in [0.29, 0.717) is 3.57 Å². The summed E-state index contributed by atoms with van der Waals surface area (Å²) in [6.07, 6.45) is -0.468. The summed E-state index contributed by atoms with van der Waals surface area (Å²) in [6.45, 7) is 5.19. The molecule has 1 atom stereocenters. The second kappa shape index (κ2) is 6.97. The highest BCUT2D eigenvalue weighted by Crippen LogP contribution is 2.21. The minimum atomic E-state index is -0.875. The van der Waals surface area contributed by atoms with Crippen molar-refractivity contribution in [1.29, 1.82) is 0 Å². The van der Waals surface area contributed by atoms with Crippen LogP contribution in [0.15, 0.2) is 18.2 Å². The maximum absolute atomic E-state index is 11.7. The van der Waals surface area contributed by atoms with Gasteiger partial charge in [-0.15, -0.1) is 0 Å². The van der Waals surface area contributed by atoms with Gasteiger partial charge in [0.05, 0.1) is 3.57 Å². The van der Waals surface area contributed by atoms with Crippen LogP contribution in [0.4, 0.5) is 4.79 Å². The molecule has 0 spiro atoms. The maximum Gasteiger partial charge on any atom is 0.408 e. The third-order valence-electron chi connectivity index (χ3n) is 2.49. The van der Waals surface area contributed by atoms with E-state index in [1.165, 1.54) is 6.07 Å². The molecule has 1 rings (SSSR count). The van der Waals surface area contributed by atoms with Crippen LogP contribution in [0, 0.1) is 3.57 Å². The third kappa shape index (κ3) is 6.19. The summed E-state index contributed by atoms with van der Waals surface area (Å²) < 4.78 is 5.76. The lowest BCUT2D eigenvalue weighted by atomic mass is 10.1. The van der Waals surface area contributed by atoms with Gasteiger partial charge in [-0.05, 0) is 61.1 Å². The van der Waals surface area contributed by atoms with Crippen LogP contribution in [-0.4, -0.2) is 28.7 Å². The van der Waals surface area contributed by atoms with Crippen LogP contribution in [0.5, 0.6) is 5.75 Å². The molecule has 0 aliphatic carbocycles. The van der Waals surface area contributed by atoms with Crippen molar-refractivity contribution in [1.82, 2.24) is 5.32 Å². The molecule has 0 unspecified atom stereocenters.